The molecule has 0 spiro atoms. The van der Waals surface area contributed by atoms with Crippen molar-refractivity contribution in [1.29, 1.82) is 0 Å². The molecule has 1 heterocycles. The van der Waals surface area contributed by atoms with Crippen LogP contribution in [0.3, 0.4) is 0 Å². The number of nitrogens with zero attached hydrogens (tertiary/aromatic N) is 1. The largest absolute Gasteiger partial charge is 0.289 e. The lowest BCUT2D eigenvalue weighted by atomic mass is 10.1. The molecule has 0 radical (unpaired) electrons. The Kier molecular flexibility index (Phi) is 3.38. The third-order valence-electron chi connectivity index (χ3n) is 3.15. The van der Waals surface area contributed by atoms with Crippen molar-refractivity contribution in [2.75, 3.05) is 0 Å². The van der Waals surface area contributed by atoms with Crippen LogP contribution < -0.4 is 0 Å². The number of allylic oxidation sites excluding steroid dienone is 1. The molecule has 0 saturated carbocycles. The number of hydrogen-bond acceptors (Lipinski definition) is 2. The maximum atomic E-state index is 12.0. The van der Waals surface area contributed by atoms with Crippen molar-refractivity contribution in [3.8, 4) is 0 Å². The molecular formula is C18H13NO. The summed E-state index contributed by atoms with van der Waals surface area (Å²) in [6.07, 6.45) is 7.05. The minimum Gasteiger partial charge on any atom is -0.289 e. The van der Waals surface area contributed by atoms with Crippen molar-refractivity contribution in [3.05, 3.63) is 84.2 Å². The highest BCUT2D eigenvalue weighted by atomic mass is 16.1. The summed E-state index contributed by atoms with van der Waals surface area (Å²) in [5.41, 5.74) is 1.71. The van der Waals surface area contributed by atoms with Gasteiger partial charge in [0.05, 0.1) is 0 Å². The molecule has 0 saturated heterocycles. The van der Waals surface area contributed by atoms with E-state index in [1.807, 2.05) is 66.9 Å². The molecule has 0 aliphatic carbocycles. The van der Waals surface area contributed by atoms with Gasteiger partial charge in [0.1, 0.15) is 0 Å². The fourth-order valence-electron chi connectivity index (χ4n) is 2.08. The topological polar surface area (TPSA) is 30.0 Å². The molecule has 0 N–H and O–H groups in total. The van der Waals surface area contributed by atoms with Crippen molar-refractivity contribution >= 4 is 22.6 Å². The van der Waals surface area contributed by atoms with Crippen molar-refractivity contribution < 1.29 is 4.79 Å². The Morgan fingerprint density at radius 3 is 2.65 bits per heavy atom. The molecule has 3 rings (SSSR count). The van der Waals surface area contributed by atoms with Crippen LogP contribution in [0, 0.1) is 0 Å². The average Bonchev–Trinajstić information content (AvgIpc) is 2.53. The van der Waals surface area contributed by atoms with E-state index in [1.54, 1.807) is 12.3 Å². The quantitative estimate of drug-likeness (QED) is 0.523. The zero-order chi connectivity index (χ0) is 13.8. The number of carbonyl (C=O) groups is 1. The minimum atomic E-state index is 0.0143. The van der Waals surface area contributed by atoms with Crippen LogP contribution in [0.1, 0.15) is 15.9 Å². The first kappa shape index (κ1) is 12.3. The molecule has 96 valence electrons. The molecule has 0 fully saturated rings. The van der Waals surface area contributed by atoms with Crippen molar-refractivity contribution in [2.24, 2.45) is 0 Å². The summed E-state index contributed by atoms with van der Waals surface area (Å²) in [5.74, 6) is 0.0143. The Morgan fingerprint density at radius 2 is 1.80 bits per heavy atom. The second-order valence-electron chi connectivity index (χ2n) is 4.55. The molecule has 2 aromatic carbocycles. The lowest BCUT2D eigenvalue weighted by molar-refractivity contribution is 0.104. The Bertz CT molecular complexity index is 776. The van der Waals surface area contributed by atoms with Gasteiger partial charge in [-0.15, -0.1) is 0 Å². The molecule has 0 atom stereocenters. The molecule has 0 amide bonds. The Balaban J connectivity index is 1.85. The molecule has 0 aliphatic rings. The summed E-state index contributed by atoms with van der Waals surface area (Å²) < 4.78 is 0. The number of pyridine rings is 1. The van der Waals surface area contributed by atoms with Gasteiger partial charge in [0.2, 0.25) is 0 Å². The Morgan fingerprint density at radius 1 is 0.950 bits per heavy atom. The van der Waals surface area contributed by atoms with Gasteiger partial charge >= 0.3 is 0 Å². The van der Waals surface area contributed by atoms with Crippen molar-refractivity contribution in [1.82, 2.24) is 4.98 Å². The average molecular weight is 259 g/mol. The summed E-state index contributed by atoms with van der Waals surface area (Å²) in [6, 6.07) is 17.3. The van der Waals surface area contributed by atoms with Gasteiger partial charge < -0.3 is 0 Å². The molecule has 2 nitrogen and oxygen atoms in total. The normalized spacial score (nSPS) is 11.0. The second kappa shape index (κ2) is 5.49. The standard InChI is InChI=1S/C18H13NO/c20-18(15-4-2-1-3-5-15)9-7-14-6-8-17-13-19-11-10-16(17)12-14/h1-13H. The van der Waals surface area contributed by atoms with Gasteiger partial charge in [0.25, 0.3) is 0 Å². The van der Waals surface area contributed by atoms with E-state index >= 15 is 0 Å². The van der Waals surface area contributed by atoms with Gasteiger partial charge in [-0.05, 0) is 29.2 Å². The van der Waals surface area contributed by atoms with Gasteiger partial charge in [0.15, 0.2) is 5.78 Å². The van der Waals surface area contributed by atoms with Crippen LogP contribution in [0.25, 0.3) is 16.8 Å². The Hall–Kier alpha value is -2.74. The van der Waals surface area contributed by atoms with E-state index < -0.39 is 0 Å². The summed E-state index contributed by atoms with van der Waals surface area (Å²) in [6.45, 7) is 0. The molecule has 1 aromatic heterocycles. The molecule has 20 heavy (non-hydrogen) atoms. The van der Waals surface area contributed by atoms with E-state index in [4.69, 9.17) is 0 Å². The number of hydrogen-bond donors (Lipinski definition) is 0. The number of carbonyl (C=O) groups excluding carboxylic acids is 1. The maximum absolute atomic E-state index is 12.0. The van der Waals surface area contributed by atoms with E-state index in [-0.39, 0.29) is 5.78 Å². The third kappa shape index (κ3) is 2.64. The number of benzene rings is 2. The zero-order valence-electron chi connectivity index (χ0n) is 10.9. The molecule has 3 aromatic rings. The highest BCUT2D eigenvalue weighted by Crippen LogP contribution is 2.15. The van der Waals surface area contributed by atoms with Crippen LogP contribution in [-0.2, 0) is 0 Å². The molecule has 2 heteroatoms. The first-order chi connectivity index (χ1) is 9.83. The van der Waals surface area contributed by atoms with E-state index in [1.165, 1.54) is 0 Å². The van der Waals surface area contributed by atoms with Gasteiger partial charge in [-0.3, -0.25) is 9.78 Å². The fourth-order valence-corrected chi connectivity index (χ4v) is 2.08. The van der Waals surface area contributed by atoms with Crippen LogP contribution in [0.2, 0.25) is 0 Å². The van der Waals surface area contributed by atoms with Crippen molar-refractivity contribution in [3.63, 3.8) is 0 Å². The second-order valence-corrected chi connectivity index (χ2v) is 4.55. The summed E-state index contributed by atoms with van der Waals surface area (Å²) >= 11 is 0. The third-order valence-corrected chi connectivity index (χ3v) is 3.15. The van der Waals surface area contributed by atoms with Crippen LogP contribution in [0.5, 0.6) is 0 Å². The lowest BCUT2D eigenvalue weighted by Crippen LogP contribution is -1.92. The first-order valence-corrected chi connectivity index (χ1v) is 6.44. The van der Waals surface area contributed by atoms with E-state index in [2.05, 4.69) is 4.98 Å². The summed E-state index contributed by atoms with van der Waals surface area (Å²) in [4.78, 5) is 16.1. The highest BCUT2D eigenvalue weighted by molar-refractivity contribution is 6.06. The molecule has 0 bridgehead atoms. The Labute approximate surface area is 117 Å². The van der Waals surface area contributed by atoms with Gasteiger partial charge in [-0.25, -0.2) is 0 Å². The lowest BCUT2D eigenvalue weighted by Gasteiger charge is -1.99. The predicted molar refractivity (Wildman–Crippen MR) is 81.5 cm³/mol. The summed E-state index contributed by atoms with van der Waals surface area (Å²) in [5, 5.41) is 2.22. The van der Waals surface area contributed by atoms with Crippen molar-refractivity contribution in [2.45, 2.75) is 0 Å². The fraction of sp³-hybridized carbons (Fsp3) is 0. The number of fused-ring (bicyclic) bond motifs is 1. The van der Waals surface area contributed by atoms with Crippen LogP contribution in [0.4, 0.5) is 0 Å². The predicted octanol–water partition coefficient (Wildman–Crippen LogP) is 4.13. The molecular weight excluding hydrogens is 246 g/mol. The van der Waals surface area contributed by atoms with E-state index in [0.29, 0.717) is 5.56 Å². The number of aromatic nitrogens is 1. The molecule has 0 aliphatic heterocycles. The van der Waals surface area contributed by atoms with Gasteiger partial charge in [0, 0.05) is 23.3 Å². The number of rotatable bonds is 3. The SMILES string of the molecule is O=C(C=Cc1ccc2cnccc2c1)c1ccccc1. The van der Waals surface area contributed by atoms with E-state index in [0.717, 1.165) is 16.3 Å². The first-order valence-electron chi connectivity index (χ1n) is 6.44. The highest BCUT2D eigenvalue weighted by Gasteiger charge is 1.99. The van der Waals surface area contributed by atoms with Gasteiger partial charge in [-0.2, -0.15) is 0 Å². The summed E-state index contributed by atoms with van der Waals surface area (Å²) in [7, 11) is 0. The number of ketones is 1. The van der Waals surface area contributed by atoms with Crippen LogP contribution >= 0.6 is 0 Å². The van der Waals surface area contributed by atoms with E-state index in [9.17, 15) is 4.79 Å². The monoisotopic (exact) mass is 259 g/mol. The van der Waals surface area contributed by atoms with Crippen LogP contribution in [-0.4, -0.2) is 10.8 Å². The minimum absolute atomic E-state index is 0.0143. The van der Waals surface area contributed by atoms with Gasteiger partial charge in [-0.1, -0.05) is 48.5 Å². The van der Waals surface area contributed by atoms with Crippen LogP contribution in [0.15, 0.2) is 73.1 Å². The maximum Gasteiger partial charge on any atom is 0.185 e. The molecule has 0 unspecified atom stereocenters. The smallest absolute Gasteiger partial charge is 0.185 e. The zero-order valence-corrected chi connectivity index (χ0v) is 10.9.